The summed E-state index contributed by atoms with van der Waals surface area (Å²) in [5.74, 6) is -3.09. The van der Waals surface area contributed by atoms with Gasteiger partial charge < -0.3 is 64.4 Å². The zero-order valence-corrected chi connectivity index (χ0v) is 21.2. The number of amides is 1. The van der Waals surface area contributed by atoms with Crippen molar-refractivity contribution in [2.45, 2.75) is 75.0 Å². The monoisotopic (exact) mass is 569 g/mol. The SMILES string of the molecule is NC(=O)[C@H](O)[C@@H](O)[C@H](O)[C@H](O)CO.NCCCC[C@H](N)C(=O)O.NCCCC[C@H](N)C(=O)O.[SeH2]. The number of unbranched alkanes of at least 4 members (excludes halogenated alkanes) is 2. The van der Waals surface area contributed by atoms with Crippen molar-refractivity contribution in [3.05, 3.63) is 0 Å². The van der Waals surface area contributed by atoms with Crippen LogP contribution < -0.4 is 28.7 Å². The van der Waals surface area contributed by atoms with E-state index in [4.69, 9.17) is 58.7 Å². The minimum atomic E-state index is -1.98. The quantitative estimate of drug-likeness (QED) is 0.0646. The van der Waals surface area contributed by atoms with E-state index in [2.05, 4.69) is 5.73 Å². The Hall–Kier alpha value is -1.43. The number of carboxylic acids is 2. The molecule has 0 aliphatic heterocycles. The maximum atomic E-state index is 10.3. The van der Waals surface area contributed by atoms with Crippen molar-refractivity contribution in [2.75, 3.05) is 19.7 Å². The van der Waals surface area contributed by atoms with Gasteiger partial charge in [-0.15, -0.1) is 0 Å². The number of aliphatic carboxylic acids is 2. The molecule has 0 rings (SSSR count). The number of carboxylic acid groups (broad SMARTS) is 2. The Labute approximate surface area is 208 Å². The predicted molar refractivity (Wildman–Crippen MR) is 126 cm³/mol. The summed E-state index contributed by atoms with van der Waals surface area (Å²) in [6.45, 7) is 0.405. The second-order valence-electron chi connectivity index (χ2n) is 7.04. The molecule has 0 saturated carbocycles. The Morgan fingerprint density at radius 3 is 1.29 bits per heavy atom. The van der Waals surface area contributed by atoms with Crippen LogP contribution >= 0.6 is 0 Å². The van der Waals surface area contributed by atoms with Crippen molar-refractivity contribution in [2.24, 2.45) is 28.7 Å². The molecule has 6 atom stereocenters. The Bertz CT molecular complexity index is 509. The molecule has 206 valence electrons. The van der Waals surface area contributed by atoms with E-state index < -0.39 is 61.0 Å². The van der Waals surface area contributed by atoms with E-state index in [1.807, 2.05) is 0 Å². The third kappa shape index (κ3) is 22.4. The van der Waals surface area contributed by atoms with Gasteiger partial charge >= 0.3 is 29.0 Å². The number of carbonyl (C=O) groups excluding carboxylic acids is 1. The first-order chi connectivity index (χ1) is 15.3. The van der Waals surface area contributed by atoms with Gasteiger partial charge in [0.15, 0.2) is 6.10 Å². The molecule has 17 N–H and O–H groups in total. The molecular weight excluding hydrogens is 525 g/mol. The van der Waals surface area contributed by atoms with Crippen LogP contribution in [0.2, 0.25) is 0 Å². The number of nitrogens with two attached hydrogens (primary N) is 5. The molecule has 16 heteroatoms. The van der Waals surface area contributed by atoms with E-state index >= 15 is 0 Å². The van der Waals surface area contributed by atoms with Gasteiger partial charge in [0.1, 0.15) is 30.4 Å². The van der Waals surface area contributed by atoms with Crippen LogP contribution in [0.5, 0.6) is 0 Å². The van der Waals surface area contributed by atoms with Crippen LogP contribution in [0, 0.1) is 0 Å². The second-order valence-corrected chi connectivity index (χ2v) is 7.04. The normalized spacial score (nSPS) is 15.4. The molecule has 0 aliphatic carbocycles. The Morgan fingerprint density at radius 1 is 0.706 bits per heavy atom. The Morgan fingerprint density at radius 2 is 1.06 bits per heavy atom. The predicted octanol–water partition coefficient (Wildman–Crippen LogP) is -5.95. The Balaban J connectivity index is -0.000000198. The molecule has 0 bridgehead atoms. The van der Waals surface area contributed by atoms with Crippen LogP contribution in [0.1, 0.15) is 38.5 Å². The van der Waals surface area contributed by atoms with Crippen LogP contribution in [0.25, 0.3) is 0 Å². The number of carbonyl (C=O) groups is 3. The van der Waals surface area contributed by atoms with Crippen LogP contribution in [0.4, 0.5) is 0 Å². The van der Waals surface area contributed by atoms with Crippen molar-refractivity contribution in [1.29, 1.82) is 0 Å². The molecule has 0 aromatic heterocycles. The van der Waals surface area contributed by atoms with E-state index in [0.29, 0.717) is 25.9 Å². The molecule has 0 saturated heterocycles. The molecule has 34 heavy (non-hydrogen) atoms. The molecule has 0 heterocycles. The van der Waals surface area contributed by atoms with Crippen molar-refractivity contribution in [3.8, 4) is 0 Å². The van der Waals surface area contributed by atoms with Gasteiger partial charge in [-0.2, -0.15) is 0 Å². The van der Waals surface area contributed by atoms with E-state index in [0.717, 1.165) is 25.7 Å². The molecular formula is C18H43N5O10Se. The minimum absolute atomic E-state index is 0. The zero-order chi connectivity index (χ0) is 26.6. The second kappa shape index (κ2) is 24.7. The van der Waals surface area contributed by atoms with Crippen molar-refractivity contribution < 1.29 is 50.1 Å². The van der Waals surface area contributed by atoms with Gasteiger partial charge in [-0.25, -0.2) is 0 Å². The van der Waals surface area contributed by atoms with Gasteiger partial charge in [-0.05, 0) is 38.8 Å². The number of hydrogen-bond donors (Lipinski definition) is 12. The summed E-state index contributed by atoms with van der Waals surface area (Å²) in [6.07, 6.45) is -3.03. The summed E-state index contributed by atoms with van der Waals surface area (Å²) in [7, 11) is 0. The number of hydrogen-bond acceptors (Lipinski definition) is 12. The average molecular weight is 569 g/mol. The van der Waals surface area contributed by atoms with Crippen molar-refractivity contribution in [1.82, 2.24) is 0 Å². The van der Waals surface area contributed by atoms with Gasteiger partial charge in [0.2, 0.25) is 5.91 Å². The molecule has 0 aromatic rings. The van der Waals surface area contributed by atoms with Crippen LogP contribution in [-0.4, -0.2) is 127 Å². The molecule has 0 unspecified atom stereocenters. The summed E-state index contributed by atoms with van der Waals surface area (Å²) in [4.78, 5) is 30.6. The van der Waals surface area contributed by atoms with Gasteiger partial charge in [-0.3, -0.25) is 14.4 Å². The first kappa shape index (κ1) is 39.8. The summed E-state index contributed by atoms with van der Waals surface area (Å²) in [6, 6.07) is -1.43. The number of rotatable bonds is 15. The molecule has 1 amide bonds. The summed E-state index contributed by atoms with van der Waals surface area (Å²) in [5, 5.41) is 60.6. The number of aliphatic hydroxyl groups is 5. The van der Waals surface area contributed by atoms with E-state index in [1.165, 1.54) is 0 Å². The van der Waals surface area contributed by atoms with Crippen LogP contribution in [0.3, 0.4) is 0 Å². The third-order valence-electron chi connectivity index (χ3n) is 4.12. The van der Waals surface area contributed by atoms with Gasteiger partial charge in [0, 0.05) is 0 Å². The van der Waals surface area contributed by atoms with Gasteiger partial charge in [0.05, 0.1) is 6.61 Å². The fourth-order valence-corrected chi connectivity index (χ4v) is 1.95. The number of aliphatic hydroxyl groups excluding tert-OH is 5. The first-order valence-corrected chi connectivity index (χ1v) is 10.3. The third-order valence-corrected chi connectivity index (χ3v) is 4.12. The summed E-state index contributed by atoms with van der Waals surface area (Å²) in [5.41, 5.74) is 25.5. The molecule has 15 nitrogen and oxygen atoms in total. The topological polar surface area (TPSA) is 323 Å². The molecule has 0 aliphatic rings. The zero-order valence-electron chi connectivity index (χ0n) is 19.1. The van der Waals surface area contributed by atoms with E-state index in [1.54, 1.807) is 0 Å². The Kier molecular flexibility index (Phi) is 28.9. The maximum absolute atomic E-state index is 10.3. The van der Waals surface area contributed by atoms with Crippen molar-refractivity contribution in [3.63, 3.8) is 0 Å². The van der Waals surface area contributed by atoms with E-state index in [-0.39, 0.29) is 17.1 Å². The standard InChI is InChI=1S/2C6H14N2O2.C6H13NO6.H2Se/c2*7-4-2-1-3-5(8)6(9)10;7-6(13)5(12)4(11)3(10)2(9)1-8;/h2*5H,1-4,7-8H2,(H,9,10);2-5,8-12H,1H2,(H2,7,13);1H2/t2*5-;2-,3-,4+,5-;/m001./s1. The fourth-order valence-electron chi connectivity index (χ4n) is 1.95. The molecule has 0 aromatic carbocycles. The first-order valence-electron chi connectivity index (χ1n) is 10.3. The molecule has 0 spiro atoms. The van der Waals surface area contributed by atoms with Crippen LogP contribution in [-0.2, 0) is 14.4 Å². The number of primary amides is 1. The van der Waals surface area contributed by atoms with Gasteiger partial charge in [0.25, 0.3) is 0 Å². The summed E-state index contributed by atoms with van der Waals surface area (Å²) < 4.78 is 0. The fraction of sp³-hybridized carbons (Fsp3) is 0.833. The van der Waals surface area contributed by atoms with Gasteiger partial charge in [-0.1, -0.05) is 12.8 Å². The van der Waals surface area contributed by atoms with Crippen molar-refractivity contribution >= 4 is 34.9 Å². The summed E-state index contributed by atoms with van der Waals surface area (Å²) >= 11 is 0. The molecule has 0 fully saturated rings. The molecule has 0 radical (unpaired) electrons. The van der Waals surface area contributed by atoms with E-state index in [9.17, 15) is 14.4 Å². The van der Waals surface area contributed by atoms with Crippen LogP contribution in [0.15, 0.2) is 0 Å². The average Bonchev–Trinajstić information content (AvgIpc) is 2.77.